The van der Waals surface area contributed by atoms with Gasteiger partial charge in [-0.3, -0.25) is 9.97 Å². The smallest absolute Gasteiger partial charge is 0.0692 e. The van der Waals surface area contributed by atoms with Crippen molar-refractivity contribution < 1.29 is 0 Å². The number of rotatable bonds is 2. The summed E-state index contributed by atoms with van der Waals surface area (Å²) in [6.45, 7) is 4.06. The molecule has 70 valence electrons. The molecule has 2 N–H and O–H groups in total. The van der Waals surface area contributed by atoms with Crippen LogP contribution in [0.25, 0.3) is 0 Å². The van der Waals surface area contributed by atoms with Crippen LogP contribution in [0.3, 0.4) is 0 Å². The molecule has 0 spiro atoms. The number of nitrogens with zero attached hydrogens (tertiary/aromatic N) is 2. The maximum absolute atomic E-state index is 5.97. The van der Waals surface area contributed by atoms with Crippen LogP contribution in [0, 0.1) is 6.92 Å². The van der Waals surface area contributed by atoms with Gasteiger partial charge in [-0.05, 0) is 26.7 Å². The van der Waals surface area contributed by atoms with Crippen LogP contribution in [0.5, 0.6) is 0 Å². The molecule has 3 nitrogen and oxygen atoms in total. The first-order valence-corrected chi connectivity index (χ1v) is 4.70. The van der Waals surface area contributed by atoms with Gasteiger partial charge in [0.25, 0.3) is 0 Å². The highest BCUT2D eigenvalue weighted by Gasteiger charge is 2.49. The van der Waals surface area contributed by atoms with Gasteiger partial charge >= 0.3 is 0 Å². The number of aromatic nitrogens is 2. The average Bonchev–Trinajstić information content (AvgIpc) is 2.85. The summed E-state index contributed by atoms with van der Waals surface area (Å²) in [6, 6.07) is 0.183. The van der Waals surface area contributed by atoms with E-state index in [1.165, 1.54) is 0 Å². The Bertz CT molecular complexity index is 316. The minimum Gasteiger partial charge on any atom is -0.327 e. The van der Waals surface area contributed by atoms with Crippen LogP contribution in [0.4, 0.5) is 0 Å². The van der Waals surface area contributed by atoms with Gasteiger partial charge in [0.1, 0.15) is 0 Å². The second-order valence-corrected chi connectivity index (χ2v) is 3.94. The normalized spacial score (nSPS) is 21.2. The molecule has 1 unspecified atom stereocenters. The van der Waals surface area contributed by atoms with Crippen molar-refractivity contribution in [3.8, 4) is 0 Å². The maximum atomic E-state index is 5.97. The Labute approximate surface area is 78.4 Å². The molecule has 0 saturated heterocycles. The third-order valence-electron chi connectivity index (χ3n) is 3.01. The molecular formula is C10H15N3. The summed E-state index contributed by atoms with van der Waals surface area (Å²) in [6.07, 6.45) is 5.80. The van der Waals surface area contributed by atoms with Gasteiger partial charge in [-0.2, -0.15) is 0 Å². The first-order valence-electron chi connectivity index (χ1n) is 4.70. The lowest BCUT2D eigenvalue weighted by Crippen LogP contribution is -2.33. The van der Waals surface area contributed by atoms with E-state index >= 15 is 0 Å². The van der Waals surface area contributed by atoms with E-state index in [-0.39, 0.29) is 11.5 Å². The molecule has 2 rings (SSSR count). The molecule has 1 aromatic heterocycles. The van der Waals surface area contributed by atoms with Crippen LogP contribution in [0.1, 0.15) is 31.2 Å². The lowest BCUT2D eigenvalue weighted by atomic mass is 9.93. The van der Waals surface area contributed by atoms with Crippen molar-refractivity contribution in [2.75, 3.05) is 0 Å². The van der Waals surface area contributed by atoms with Crippen molar-refractivity contribution in [3.63, 3.8) is 0 Å². The third kappa shape index (κ3) is 1.23. The fraction of sp³-hybridized carbons (Fsp3) is 0.600. The fourth-order valence-electron chi connectivity index (χ4n) is 1.94. The number of nitrogens with two attached hydrogens (primary N) is 1. The van der Waals surface area contributed by atoms with E-state index in [2.05, 4.69) is 16.9 Å². The predicted octanol–water partition coefficient (Wildman–Crippen LogP) is 1.16. The van der Waals surface area contributed by atoms with Gasteiger partial charge in [0.05, 0.1) is 11.4 Å². The predicted molar refractivity (Wildman–Crippen MR) is 51.3 cm³/mol. The molecule has 1 aliphatic carbocycles. The highest BCUT2D eigenvalue weighted by atomic mass is 14.9. The van der Waals surface area contributed by atoms with Crippen LogP contribution in [-0.2, 0) is 5.41 Å². The Balaban J connectivity index is 2.41. The van der Waals surface area contributed by atoms with Crippen LogP contribution < -0.4 is 5.73 Å². The third-order valence-corrected chi connectivity index (χ3v) is 3.01. The number of hydrogen-bond donors (Lipinski definition) is 1. The van der Waals surface area contributed by atoms with E-state index in [9.17, 15) is 0 Å². The zero-order valence-corrected chi connectivity index (χ0v) is 8.12. The first-order chi connectivity index (χ1) is 6.17. The van der Waals surface area contributed by atoms with Gasteiger partial charge in [0.2, 0.25) is 0 Å². The van der Waals surface area contributed by atoms with Gasteiger partial charge < -0.3 is 5.73 Å². The van der Waals surface area contributed by atoms with Crippen molar-refractivity contribution >= 4 is 0 Å². The molecule has 1 aliphatic rings. The summed E-state index contributed by atoms with van der Waals surface area (Å²) in [4.78, 5) is 8.64. The minimum atomic E-state index is 0.137. The number of hydrogen-bond acceptors (Lipinski definition) is 3. The second kappa shape index (κ2) is 2.77. The van der Waals surface area contributed by atoms with Gasteiger partial charge in [-0.15, -0.1) is 0 Å². The van der Waals surface area contributed by atoms with Crippen molar-refractivity contribution in [3.05, 3.63) is 23.8 Å². The summed E-state index contributed by atoms with van der Waals surface area (Å²) in [5, 5.41) is 0. The molecule has 1 heterocycles. The quantitative estimate of drug-likeness (QED) is 0.737. The Morgan fingerprint density at radius 1 is 1.38 bits per heavy atom. The summed E-state index contributed by atoms with van der Waals surface area (Å²) < 4.78 is 0. The van der Waals surface area contributed by atoms with E-state index < -0.39 is 0 Å². The first kappa shape index (κ1) is 8.63. The van der Waals surface area contributed by atoms with Crippen LogP contribution in [0.2, 0.25) is 0 Å². The minimum absolute atomic E-state index is 0.137. The standard InChI is InChI=1S/C10H15N3/c1-7-9(13-6-5-12-7)10(3-4-10)8(2)11/h5-6,8H,3-4,11H2,1-2H3. The molecule has 13 heavy (non-hydrogen) atoms. The van der Waals surface area contributed by atoms with Crippen LogP contribution in [-0.4, -0.2) is 16.0 Å². The molecule has 0 aromatic carbocycles. The van der Waals surface area contributed by atoms with Crippen molar-refractivity contribution in [1.29, 1.82) is 0 Å². The molecule has 1 saturated carbocycles. The molecule has 0 aliphatic heterocycles. The summed E-state index contributed by atoms with van der Waals surface area (Å²) >= 11 is 0. The molecule has 1 fully saturated rings. The van der Waals surface area contributed by atoms with Gasteiger partial charge in [-0.25, -0.2) is 0 Å². The lowest BCUT2D eigenvalue weighted by Gasteiger charge is -2.19. The van der Waals surface area contributed by atoms with Crippen LogP contribution >= 0.6 is 0 Å². The molecule has 0 amide bonds. The molecular weight excluding hydrogens is 162 g/mol. The highest BCUT2D eigenvalue weighted by molar-refractivity contribution is 5.30. The Morgan fingerprint density at radius 2 is 2.00 bits per heavy atom. The summed E-state index contributed by atoms with van der Waals surface area (Å²) in [5.41, 5.74) is 8.23. The van der Waals surface area contributed by atoms with Crippen LogP contribution in [0.15, 0.2) is 12.4 Å². The maximum Gasteiger partial charge on any atom is 0.0692 e. The van der Waals surface area contributed by atoms with Crippen molar-refractivity contribution in [2.24, 2.45) is 5.73 Å². The largest absolute Gasteiger partial charge is 0.327 e. The Hall–Kier alpha value is -0.960. The van der Waals surface area contributed by atoms with E-state index in [1.54, 1.807) is 12.4 Å². The fourth-order valence-corrected chi connectivity index (χ4v) is 1.94. The molecule has 3 heteroatoms. The van der Waals surface area contributed by atoms with Gasteiger partial charge in [-0.1, -0.05) is 0 Å². The monoisotopic (exact) mass is 177 g/mol. The molecule has 0 radical (unpaired) electrons. The number of aryl methyl sites for hydroxylation is 1. The SMILES string of the molecule is Cc1nccnc1C1(C(C)N)CC1. The highest BCUT2D eigenvalue weighted by Crippen LogP contribution is 2.49. The van der Waals surface area contributed by atoms with Gasteiger partial charge in [0, 0.05) is 23.9 Å². The zero-order valence-electron chi connectivity index (χ0n) is 8.12. The van der Waals surface area contributed by atoms with Gasteiger partial charge in [0.15, 0.2) is 0 Å². The molecule has 0 bridgehead atoms. The van der Waals surface area contributed by atoms with E-state index in [4.69, 9.17) is 5.73 Å². The Morgan fingerprint density at radius 3 is 2.46 bits per heavy atom. The zero-order chi connectivity index (χ0) is 9.47. The van der Waals surface area contributed by atoms with E-state index in [0.717, 1.165) is 24.2 Å². The molecule has 1 atom stereocenters. The van der Waals surface area contributed by atoms with Crippen molar-refractivity contribution in [1.82, 2.24) is 9.97 Å². The average molecular weight is 177 g/mol. The summed E-state index contributed by atoms with van der Waals surface area (Å²) in [7, 11) is 0. The summed E-state index contributed by atoms with van der Waals surface area (Å²) in [5.74, 6) is 0. The molecule has 1 aromatic rings. The van der Waals surface area contributed by atoms with E-state index in [1.807, 2.05) is 6.92 Å². The topological polar surface area (TPSA) is 51.8 Å². The van der Waals surface area contributed by atoms with E-state index in [0.29, 0.717) is 0 Å². The Kier molecular flexibility index (Phi) is 1.84. The lowest BCUT2D eigenvalue weighted by molar-refractivity contribution is 0.536. The second-order valence-electron chi connectivity index (χ2n) is 3.94. The van der Waals surface area contributed by atoms with Crippen molar-refractivity contribution in [2.45, 2.75) is 38.1 Å².